The van der Waals surface area contributed by atoms with Crippen LogP contribution in [-0.2, 0) is 4.84 Å². The third-order valence-electron chi connectivity index (χ3n) is 1.35. The smallest absolute Gasteiger partial charge is 0.305 e. The molecule has 3 nitrogen and oxygen atoms in total. The van der Waals surface area contributed by atoms with E-state index < -0.39 is 30.8 Å². The van der Waals surface area contributed by atoms with Crippen molar-refractivity contribution in [3.8, 4) is 0 Å². The van der Waals surface area contributed by atoms with Gasteiger partial charge in [0, 0.05) is 0 Å². The Hall–Kier alpha value is -0.850. The number of alkyl halides is 4. The molecule has 0 aromatic rings. The maximum atomic E-state index is 11.9. The number of halogens is 4. The van der Waals surface area contributed by atoms with Gasteiger partial charge in [0.15, 0.2) is 0 Å². The summed E-state index contributed by atoms with van der Waals surface area (Å²) < 4.78 is 47.3. The summed E-state index contributed by atoms with van der Waals surface area (Å²) >= 11 is 0. The van der Waals surface area contributed by atoms with Crippen molar-refractivity contribution in [2.24, 2.45) is 5.16 Å². The van der Waals surface area contributed by atoms with Crippen molar-refractivity contribution < 1.29 is 27.5 Å². The van der Waals surface area contributed by atoms with Gasteiger partial charge < -0.3 is 9.94 Å². The highest BCUT2D eigenvalue weighted by Gasteiger charge is 2.48. The molecule has 1 aliphatic rings. The first-order valence-corrected chi connectivity index (χ1v) is 2.99. The molecule has 12 heavy (non-hydrogen) atoms. The average molecular weight is 187 g/mol. The van der Waals surface area contributed by atoms with Crippen molar-refractivity contribution in [3.05, 3.63) is 0 Å². The first-order valence-electron chi connectivity index (χ1n) is 2.99. The standard InChI is InChI=1S/C5H5F4NO2/c6-3(7)2-1-5(11,4(8)9)12-10-2/h3-4,11H,1H2. The minimum Gasteiger partial charge on any atom is -0.354 e. The van der Waals surface area contributed by atoms with E-state index in [0.29, 0.717) is 0 Å². The van der Waals surface area contributed by atoms with E-state index in [1.807, 2.05) is 0 Å². The molecule has 0 aliphatic carbocycles. The summed E-state index contributed by atoms with van der Waals surface area (Å²) in [5.41, 5.74) is -0.863. The number of oxime groups is 1. The molecule has 1 rings (SSSR count). The molecule has 1 heterocycles. The lowest BCUT2D eigenvalue weighted by atomic mass is 10.1. The van der Waals surface area contributed by atoms with E-state index in [9.17, 15) is 17.6 Å². The second-order valence-corrected chi connectivity index (χ2v) is 2.30. The lowest BCUT2D eigenvalue weighted by Gasteiger charge is -2.17. The van der Waals surface area contributed by atoms with Gasteiger partial charge in [-0.15, -0.1) is 0 Å². The van der Waals surface area contributed by atoms with Crippen molar-refractivity contribution in [1.82, 2.24) is 0 Å². The summed E-state index contributed by atoms with van der Waals surface area (Å²) in [4.78, 5) is 3.79. The van der Waals surface area contributed by atoms with E-state index in [4.69, 9.17) is 5.11 Å². The number of rotatable bonds is 2. The fourth-order valence-corrected chi connectivity index (χ4v) is 0.696. The third-order valence-corrected chi connectivity index (χ3v) is 1.35. The van der Waals surface area contributed by atoms with Crippen LogP contribution in [0.5, 0.6) is 0 Å². The molecule has 0 aromatic heterocycles. The van der Waals surface area contributed by atoms with Crippen molar-refractivity contribution in [2.75, 3.05) is 0 Å². The van der Waals surface area contributed by atoms with E-state index in [1.165, 1.54) is 0 Å². The Labute approximate surface area is 64.6 Å². The zero-order valence-electron chi connectivity index (χ0n) is 5.68. The molecule has 0 saturated heterocycles. The number of hydrogen-bond acceptors (Lipinski definition) is 3. The molecule has 1 unspecified atom stereocenters. The molecule has 1 aliphatic heterocycles. The van der Waals surface area contributed by atoms with Gasteiger partial charge in [-0.1, -0.05) is 5.16 Å². The zero-order valence-corrected chi connectivity index (χ0v) is 5.68. The maximum Gasteiger partial charge on any atom is 0.305 e. The highest BCUT2D eigenvalue weighted by atomic mass is 19.3. The second-order valence-electron chi connectivity index (χ2n) is 2.30. The van der Waals surface area contributed by atoms with Gasteiger partial charge in [-0.25, -0.2) is 17.6 Å². The normalized spacial score (nSPS) is 29.4. The Morgan fingerprint density at radius 1 is 1.42 bits per heavy atom. The van der Waals surface area contributed by atoms with Crippen molar-refractivity contribution in [1.29, 1.82) is 0 Å². The van der Waals surface area contributed by atoms with Crippen molar-refractivity contribution in [2.45, 2.75) is 25.1 Å². The summed E-state index contributed by atoms with van der Waals surface area (Å²) in [5.74, 6) is -2.87. The van der Waals surface area contributed by atoms with Crippen molar-refractivity contribution >= 4 is 5.71 Å². The van der Waals surface area contributed by atoms with Gasteiger partial charge in [0.25, 0.3) is 6.43 Å². The zero-order chi connectivity index (χ0) is 9.35. The molecule has 0 aromatic carbocycles. The molecule has 0 bridgehead atoms. The third kappa shape index (κ3) is 1.50. The number of hydrogen-bond donors (Lipinski definition) is 1. The van der Waals surface area contributed by atoms with Crippen LogP contribution in [0.2, 0.25) is 0 Å². The summed E-state index contributed by atoms with van der Waals surface area (Å²) in [6, 6.07) is 0. The van der Waals surface area contributed by atoms with Gasteiger partial charge >= 0.3 is 12.2 Å². The predicted octanol–water partition coefficient (Wildman–Crippen LogP) is 0.982. The number of aliphatic hydroxyl groups is 1. The second kappa shape index (κ2) is 2.89. The fourth-order valence-electron chi connectivity index (χ4n) is 0.696. The lowest BCUT2D eigenvalue weighted by Crippen LogP contribution is -2.37. The minimum absolute atomic E-state index is 0.863. The van der Waals surface area contributed by atoms with Crippen LogP contribution in [0, 0.1) is 0 Å². The van der Waals surface area contributed by atoms with Gasteiger partial charge in [0.05, 0.1) is 6.42 Å². The Bertz CT molecular complexity index is 208. The van der Waals surface area contributed by atoms with Gasteiger partial charge in [-0.3, -0.25) is 0 Å². The molecule has 1 N–H and O–H groups in total. The van der Waals surface area contributed by atoms with Crippen LogP contribution < -0.4 is 0 Å². The van der Waals surface area contributed by atoms with Crippen LogP contribution in [0.4, 0.5) is 17.6 Å². The molecular weight excluding hydrogens is 182 g/mol. The highest BCUT2D eigenvalue weighted by molar-refractivity contribution is 5.88. The Kier molecular flexibility index (Phi) is 2.22. The predicted molar refractivity (Wildman–Crippen MR) is 30.1 cm³/mol. The molecule has 0 fully saturated rings. The summed E-state index contributed by atoms with van der Waals surface area (Å²) in [6.45, 7) is 0. The highest BCUT2D eigenvalue weighted by Crippen LogP contribution is 2.29. The van der Waals surface area contributed by atoms with E-state index in [2.05, 4.69) is 9.99 Å². The van der Waals surface area contributed by atoms with E-state index in [1.54, 1.807) is 0 Å². The first kappa shape index (κ1) is 9.24. The van der Waals surface area contributed by atoms with E-state index in [-0.39, 0.29) is 0 Å². The summed E-state index contributed by atoms with van der Waals surface area (Å²) in [6.07, 6.45) is -7.18. The van der Waals surface area contributed by atoms with Crippen LogP contribution in [0.15, 0.2) is 5.16 Å². The molecular formula is C5H5F4NO2. The van der Waals surface area contributed by atoms with Gasteiger partial charge in [0.1, 0.15) is 5.71 Å². The molecule has 0 radical (unpaired) electrons. The first-order chi connectivity index (χ1) is 5.46. The van der Waals surface area contributed by atoms with Crippen molar-refractivity contribution in [3.63, 3.8) is 0 Å². The summed E-state index contributed by atoms with van der Waals surface area (Å²) in [7, 11) is 0. The Morgan fingerprint density at radius 2 is 2.00 bits per heavy atom. The number of nitrogens with zero attached hydrogens (tertiary/aromatic N) is 1. The molecule has 1 atom stereocenters. The Morgan fingerprint density at radius 3 is 2.25 bits per heavy atom. The largest absolute Gasteiger partial charge is 0.354 e. The van der Waals surface area contributed by atoms with Crippen LogP contribution in [0.25, 0.3) is 0 Å². The lowest BCUT2D eigenvalue weighted by molar-refractivity contribution is -0.253. The Balaban J connectivity index is 2.62. The SMILES string of the molecule is OC1(C(F)F)CC(C(F)F)=NO1. The van der Waals surface area contributed by atoms with Crippen LogP contribution in [0.3, 0.4) is 0 Å². The quantitative estimate of drug-likeness (QED) is 0.654. The van der Waals surface area contributed by atoms with E-state index >= 15 is 0 Å². The van der Waals surface area contributed by atoms with Gasteiger partial charge in [-0.05, 0) is 0 Å². The summed E-state index contributed by atoms with van der Waals surface area (Å²) in [5, 5.41) is 11.4. The monoisotopic (exact) mass is 187 g/mol. The topological polar surface area (TPSA) is 41.8 Å². The molecule has 0 amide bonds. The maximum absolute atomic E-state index is 11.9. The minimum atomic E-state index is -3.25. The molecule has 0 saturated carbocycles. The van der Waals surface area contributed by atoms with Gasteiger partial charge in [0.2, 0.25) is 0 Å². The molecule has 70 valence electrons. The molecule has 7 heteroatoms. The van der Waals surface area contributed by atoms with Crippen LogP contribution >= 0.6 is 0 Å². The van der Waals surface area contributed by atoms with Crippen LogP contribution in [-0.4, -0.2) is 29.5 Å². The fraction of sp³-hybridized carbons (Fsp3) is 0.800. The van der Waals surface area contributed by atoms with E-state index in [0.717, 1.165) is 0 Å². The van der Waals surface area contributed by atoms with Crippen LogP contribution in [0.1, 0.15) is 6.42 Å². The molecule has 0 spiro atoms. The van der Waals surface area contributed by atoms with Gasteiger partial charge in [-0.2, -0.15) is 0 Å². The average Bonchev–Trinajstić information content (AvgIpc) is 2.33.